The van der Waals surface area contributed by atoms with Gasteiger partial charge in [0.05, 0.1) is 5.71 Å². The summed E-state index contributed by atoms with van der Waals surface area (Å²) in [6.45, 7) is 0. The second kappa shape index (κ2) is 7.62. The minimum Gasteiger partial charge on any atom is -0.267 e. The molecule has 1 heterocycles. The van der Waals surface area contributed by atoms with Gasteiger partial charge in [-0.15, -0.1) is 0 Å². The zero-order chi connectivity index (χ0) is 18.5. The molecule has 0 aliphatic carbocycles. The third kappa shape index (κ3) is 3.60. The van der Waals surface area contributed by atoms with E-state index < -0.39 is 0 Å². The van der Waals surface area contributed by atoms with Crippen LogP contribution in [0.25, 0.3) is 10.8 Å². The summed E-state index contributed by atoms with van der Waals surface area (Å²) in [4.78, 5) is 16.9. The smallest absolute Gasteiger partial charge is 0.267 e. The highest BCUT2D eigenvalue weighted by Gasteiger charge is 2.11. The van der Waals surface area contributed by atoms with Crippen LogP contribution in [0.15, 0.2) is 102 Å². The number of rotatable bonds is 4. The van der Waals surface area contributed by atoms with Crippen LogP contribution in [0.4, 0.5) is 0 Å². The van der Waals surface area contributed by atoms with E-state index in [1.54, 1.807) is 12.4 Å². The van der Waals surface area contributed by atoms with Crippen LogP contribution in [0, 0.1) is 0 Å². The molecule has 0 unspecified atom stereocenters. The average molecular weight is 351 g/mol. The minimum atomic E-state index is -0.241. The lowest BCUT2D eigenvalue weighted by Gasteiger charge is -2.09. The number of nitrogens with one attached hydrogen (secondary N) is 1. The topological polar surface area (TPSA) is 54.4 Å². The van der Waals surface area contributed by atoms with E-state index in [1.807, 2.05) is 84.9 Å². The van der Waals surface area contributed by atoms with Gasteiger partial charge in [-0.2, -0.15) is 5.10 Å². The predicted octanol–water partition coefficient (Wildman–Crippen LogP) is 4.42. The van der Waals surface area contributed by atoms with Crippen LogP contribution in [0.5, 0.6) is 0 Å². The number of amides is 1. The van der Waals surface area contributed by atoms with E-state index in [-0.39, 0.29) is 5.91 Å². The lowest BCUT2D eigenvalue weighted by Crippen LogP contribution is -2.21. The standard InChI is InChI=1S/C23H17N3O/c27-23(21-12-6-10-17-7-4-5-11-20(17)21)26-25-22(18-8-2-1-3-9-18)19-13-15-24-16-14-19/h1-16H,(H,26,27). The van der Waals surface area contributed by atoms with Crippen molar-refractivity contribution in [2.45, 2.75) is 0 Å². The zero-order valence-corrected chi connectivity index (χ0v) is 14.5. The maximum atomic E-state index is 12.8. The molecule has 27 heavy (non-hydrogen) atoms. The molecule has 0 radical (unpaired) electrons. The van der Waals surface area contributed by atoms with Crippen LogP contribution in [-0.4, -0.2) is 16.6 Å². The van der Waals surface area contributed by atoms with Crippen molar-refractivity contribution in [3.63, 3.8) is 0 Å². The maximum Gasteiger partial charge on any atom is 0.272 e. The SMILES string of the molecule is O=C(NN=C(c1ccccc1)c1ccncc1)c1cccc2ccccc12. The number of pyridine rings is 1. The molecule has 0 atom stereocenters. The number of fused-ring (bicyclic) bond motifs is 1. The van der Waals surface area contributed by atoms with E-state index in [0.29, 0.717) is 11.3 Å². The van der Waals surface area contributed by atoms with Crippen molar-refractivity contribution >= 4 is 22.4 Å². The lowest BCUT2D eigenvalue weighted by molar-refractivity contribution is 0.0956. The molecule has 0 spiro atoms. The molecule has 130 valence electrons. The molecule has 0 bridgehead atoms. The molecule has 0 aliphatic heterocycles. The Kier molecular flexibility index (Phi) is 4.70. The molecular weight excluding hydrogens is 334 g/mol. The monoisotopic (exact) mass is 351 g/mol. The largest absolute Gasteiger partial charge is 0.272 e. The molecule has 3 aromatic carbocycles. The Bertz CT molecular complexity index is 1060. The first kappa shape index (κ1) is 16.7. The van der Waals surface area contributed by atoms with Gasteiger partial charge < -0.3 is 0 Å². The summed E-state index contributed by atoms with van der Waals surface area (Å²) < 4.78 is 0. The van der Waals surface area contributed by atoms with Crippen molar-refractivity contribution in [2.24, 2.45) is 5.10 Å². The highest BCUT2D eigenvalue weighted by Crippen LogP contribution is 2.18. The number of hydrogen-bond acceptors (Lipinski definition) is 3. The van der Waals surface area contributed by atoms with Crippen molar-refractivity contribution in [3.8, 4) is 0 Å². The maximum absolute atomic E-state index is 12.8. The van der Waals surface area contributed by atoms with E-state index in [9.17, 15) is 4.79 Å². The van der Waals surface area contributed by atoms with Crippen LogP contribution >= 0.6 is 0 Å². The molecule has 4 aromatic rings. The number of aromatic nitrogens is 1. The molecule has 0 fully saturated rings. The van der Waals surface area contributed by atoms with E-state index in [0.717, 1.165) is 21.9 Å². The molecular formula is C23H17N3O. The molecule has 1 N–H and O–H groups in total. The molecule has 0 aliphatic rings. The summed E-state index contributed by atoms with van der Waals surface area (Å²) >= 11 is 0. The van der Waals surface area contributed by atoms with Gasteiger partial charge in [-0.3, -0.25) is 9.78 Å². The first-order chi connectivity index (χ1) is 13.3. The Morgan fingerprint density at radius 1 is 0.741 bits per heavy atom. The highest BCUT2D eigenvalue weighted by molar-refractivity contribution is 6.14. The second-order valence-corrected chi connectivity index (χ2v) is 6.03. The van der Waals surface area contributed by atoms with Crippen LogP contribution in [-0.2, 0) is 0 Å². The quantitative estimate of drug-likeness (QED) is 0.437. The fourth-order valence-corrected chi connectivity index (χ4v) is 2.99. The third-order valence-corrected chi connectivity index (χ3v) is 4.30. The number of nitrogens with zero attached hydrogens (tertiary/aromatic N) is 2. The van der Waals surface area contributed by atoms with Gasteiger partial charge in [0.1, 0.15) is 0 Å². The van der Waals surface area contributed by atoms with Gasteiger partial charge >= 0.3 is 0 Å². The Morgan fingerprint density at radius 2 is 1.41 bits per heavy atom. The van der Waals surface area contributed by atoms with Crippen LogP contribution in [0.1, 0.15) is 21.5 Å². The van der Waals surface area contributed by atoms with E-state index in [1.165, 1.54) is 0 Å². The summed E-state index contributed by atoms with van der Waals surface area (Å²) in [5.41, 5.74) is 5.80. The van der Waals surface area contributed by atoms with Gasteiger partial charge in [-0.1, -0.05) is 66.7 Å². The Hall–Kier alpha value is -3.79. The van der Waals surface area contributed by atoms with Crippen LogP contribution in [0.3, 0.4) is 0 Å². The Labute approximate surface area is 157 Å². The normalized spacial score (nSPS) is 11.3. The van der Waals surface area contributed by atoms with Crippen molar-refractivity contribution < 1.29 is 4.79 Å². The number of carbonyl (C=O) groups excluding carboxylic acids is 1. The summed E-state index contributed by atoms with van der Waals surface area (Å²) in [7, 11) is 0. The molecule has 4 heteroatoms. The molecule has 0 saturated carbocycles. The molecule has 0 saturated heterocycles. The van der Waals surface area contributed by atoms with Gasteiger partial charge in [-0.05, 0) is 29.0 Å². The number of carbonyl (C=O) groups is 1. The van der Waals surface area contributed by atoms with Gasteiger partial charge in [0.2, 0.25) is 0 Å². The molecule has 1 amide bonds. The van der Waals surface area contributed by atoms with Gasteiger partial charge in [-0.25, -0.2) is 5.43 Å². The predicted molar refractivity (Wildman–Crippen MR) is 108 cm³/mol. The van der Waals surface area contributed by atoms with E-state index >= 15 is 0 Å². The Morgan fingerprint density at radius 3 is 2.22 bits per heavy atom. The first-order valence-corrected chi connectivity index (χ1v) is 8.64. The van der Waals surface area contributed by atoms with Gasteiger partial charge in [0.25, 0.3) is 5.91 Å². The molecule has 4 nitrogen and oxygen atoms in total. The number of hydrogen-bond donors (Lipinski definition) is 1. The van der Waals surface area contributed by atoms with Crippen molar-refractivity contribution in [1.29, 1.82) is 0 Å². The highest BCUT2D eigenvalue weighted by atomic mass is 16.2. The lowest BCUT2D eigenvalue weighted by atomic mass is 10.0. The summed E-state index contributed by atoms with van der Waals surface area (Å²) in [5, 5.41) is 6.36. The van der Waals surface area contributed by atoms with Crippen molar-refractivity contribution in [3.05, 3.63) is 114 Å². The van der Waals surface area contributed by atoms with Crippen LogP contribution in [0.2, 0.25) is 0 Å². The summed E-state index contributed by atoms with van der Waals surface area (Å²) in [6, 6.07) is 27.0. The van der Waals surface area contributed by atoms with Crippen molar-refractivity contribution in [2.75, 3.05) is 0 Å². The zero-order valence-electron chi connectivity index (χ0n) is 14.5. The molecule has 1 aromatic heterocycles. The first-order valence-electron chi connectivity index (χ1n) is 8.64. The van der Waals surface area contributed by atoms with Gasteiger partial charge in [0.15, 0.2) is 0 Å². The fourth-order valence-electron chi connectivity index (χ4n) is 2.99. The van der Waals surface area contributed by atoms with Crippen molar-refractivity contribution in [1.82, 2.24) is 10.4 Å². The average Bonchev–Trinajstić information content (AvgIpc) is 2.75. The van der Waals surface area contributed by atoms with Crippen LogP contribution < -0.4 is 5.43 Å². The number of benzene rings is 3. The minimum absolute atomic E-state index is 0.241. The summed E-state index contributed by atoms with van der Waals surface area (Å²) in [5.74, 6) is -0.241. The number of hydrazone groups is 1. The Balaban J connectivity index is 1.70. The molecule has 4 rings (SSSR count). The second-order valence-electron chi connectivity index (χ2n) is 6.03. The van der Waals surface area contributed by atoms with Gasteiger partial charge in [0, 0.05) is 29.1 Å². The van der Waals surface area contributed by atoms with E-state index in [2.05, 4.69) is 15.5 Å². The summed E-state index contributed by atoms with van der Waals surface area (Å²) in [6.07, 6.45) is 3.42. The fraction of sp³-hybridized carbons (Fsp3) is 0. The van der Waals surface area contributed by atoms with E-state index in [4.69, 9.17) is 0 Å². The third-order valence-electron chi connectivity index (χ3n) is 4.30.